The van der Waals surface area contributed by atoms with E-state index < -0.39 is 0 Å². The Bertz CT molecular complexity index is 488. The zero-order valence-electron chi connectivity index (χ0n) is 10.1. The third-order valence-corrected chi connectivity index (χ3v) is 2.76. The number of nitrogens with one attached hydrogen (secondary N) is 1. The van der Waals surface area contributed by atoms with Crippen molar-refractivity contribution in [3.63, 3.8) is 0 Å². The smallest absolute Gasteiger partial charge is 0.254 e. The van der Waals surface area contributed by atoms with Crippen molar-refractivity contribution in [1.82, 2.24) is 19.6 Å². The fraction of sp³-hybridized carbons (Fsp3) is 0.545. The maximum atomic E-state index is 4.30. The molecule has 1 atom stereocenters. The van der Waals surface area contributed by atoms with Crippen LogP contribution in [0, 0.1) is 12.8 Å². The molecule has 0 fully saturated rings. The molecular formula is C11H17N5. The first-order valence-corrected chi connectivity index (χ1v) is 5.52. The van der Waals surface area contributed by atoms with E-state index in [9.17, 15) is 0 Å². The van der Waals surface area contributed by atoms with Crippen LogP contribution in [-0.2, 0) is 0 Å². The van der Waals surface area contributed by atoms with E-state index >= 15 is 0 Å². The summed E-state index contributed by atoms with van der Waals surface area (Å²) in [6.45, 7) is 8.48. The number of hydrogen-bond acceptors (Lipinski definition) is 4. The van der Waals surface area contributed by atoms with Gasteiger partial charge in [-0.2, -0.15) is 14.6 Å². The Kier molecular flexibility index (Phi) is 2.77. The van der Waals surface area contributed by atoms with Gasteiger partial charge in [0, 0.05) is 17.8 Å². The molecule has 0 saturated heterocycles. The minimum absolute atomic E-state index is 0.384. The van der Waals surface area contributed by atoms with Gasteiger partial charge in [0.1, 0.15) is 12.1 Å². The van der Waals surface area contributed by atoms with Crippen LogP contribution >= 0.6 is 0 Å². The Balaban J connectivity index is 2.39. The number of aryl methyl sites for hydroxylation is 1. The lowest BCUT2D eigenvalue weighted by atomic mass is 10.1. The summed E-state index contributed by atoms with van der Waals surface area (Å²) < 4.78 is 1.73. The van der Waals surface area contributed by atoms with Crippen LogP contribution in [0.2, 0.25) is 0 Å². The number of fused-ring (bicyclic) bond motifs is 1. The Morgan fingerprint density at radius 3 is 2.75 bits per heavy atom. The van der Waals surface area contributed by atoms with Crippen LogP contribution in [0.3, 0.4) is 0 Å². The van der Waals surface area contributed by atoms with Gasteiger partial charge in [0.25, 0.3) is 5.78 Å². The molecule has 5 heteroatoms. The second-order valence-corrected chi connectivity index (χ2v) is 4.43. The SMILES string of the molecule is Cc1cc(NC(C)C(C)C)n2ncnc2n1. The van der Waals surface area contributed by atoms with Gasteiger partial charge in [-0.15, -0.1) is 0 Å². The summed E-state index contributed by atoms with van der Waals surface area (Å²) in [5, 5.41) is 7.58. The molecule has 2 heterocycles. The fourth-order valence-electron chi connectivity index (χ4n) is 1.43. The molecule has 1 unspecified atom stereocenters. The summed E-state index contributed by atoms with van der Waals surface area (Å²) in [5.41, 5.74) is 0.943. The second kappa shape index (κ2) is 4.08. The van der Waals surface area contributed by atoms with Crippen LogP contribution in [0.15, 0.2) is 12.4 Å². The summed E-state index contributed by atoms with van der Waals surface area (Å²) >= 11 is 0. The van der Waals surface area contributed by atoms with Crippen molar-refractivity contribution in [1.29, 1.82) is 0 Å². The minimum Gasteiger partial charge on any atom is -0.367 e. The number of anilines is 1. The van der Waals surface area contributed by atoms with E-state index in [2.05, 4.69) is 41.2 Å². The summed E-state index contributed by atoms with van der Waals surface area (Å²) in [6, 6.07) is 2.37. The molecular weight excluding hydrogens is 202 g/mol. The molecule has 0 aromatic carbocycles. The molecule has 0 spiro atoms. The van der Waals surface area contributed by atoms with Gasteiger partial charge in [-0.25, -0.2) is 4.98 Å². The third-order valence-electron chi connectivity index (χ3n) is 2.76. The first kappa shape index (κ1) is 10.9. The lowest BCUT2D eigenvalue weighted by Gasteiger charge is -2.19. The molecule has 1 N–H and O–H groups in total. The highest BCUT2D eigenvalue weighted by atomic mass is 15.4. The van der Waals surface area contributed by atoms with Crippen molar-refractivity contribution in [2.75, 3.05) is 5.32 Å². The zero-order chi connectivity index (χ0) is 11.7. The van der Waals surface area contributed by atoms with Gasteiger partial charge in [-0.05, 0) is 19.8 Å². The largest absolute Gasteiger partial charge is 0.367 e. The van der Waals surface area contributed by atoms with Crippen LogP contribution in [0.4, 0.5) is 5.82 Å². The average molecular weight is 219 g/mol. The van der Waals surface area contributed by atoms with Crippen molar-refractivity contribution in [3.8, 4) is 0 Å². The topological polar surface area (TPSA) is 55.1 Å². The molecule has 0 aliphatic heterocycles. The average Bonchev–Trinajstić information content (AvgIpc) is 2.65. The van der Waals surface area contributed by atoms with Gasteiger partial charge in [0.05, 0.1) is 0 Å². The van der Waals surface area contributed by atoms with E-state index in [-0.39, 0.29) is 0 Å². The van der Waals surface area contributed by atoms with E-state index in [1.807, 2.05) is 13.0 Å². The molecule has 0 aliphatic rings. The molecule has 86 valence electrons. The van der Waals surface area contributed by atoms with Crippen molar-refractivity contribution in [3.05, 3.63) is 18.1 Å². The highest BCUT2D eigenvalue weighted by Crippen LogP contribution is 2.13. The fourth-order valence-corrected chi connectivity index (χ4v) is 1.43. The van der Waals surface area contributed by atoms with Crippen LogP contribution in [0.25, 0.3) is 5.78 Å². The molecule has 5 nitrogen and oxygen atoms in total. The minimum atomic E-state index is 0.384. The number of rotatable bonds is 3. The first-order chi connectivity index (χ1) is 7.58. The molecule has 0 bridgehead atoms. The highest BCUT2D eigenvalue weighted by molar-refractivity contribution is 5.45. The standard InChI is InChI=1S/C11H17N5/c1-7(2)9(4)15-10-5-8(3)14-11-12-6-13-16(10)11/h5-7,9,15H,1-4H3. The second-order valence-electron chi connectivity index (χ2n) is 4.43. The summed E-state index contributed by atoms with van der Waals surface area (Å²) in [4.78, 5) is 8.39. The number of nitrogens with zero attached hydrogens (tertiary/aromatic N) is 4. The summed E-state index contributed by atoms with van der Waals surface area (Å²) in [7, 11) is 0. The van der Waals surface area contributed by atoms with Gasteiger partial charge in [-0.3, -0.25) is 0 Å². The van der Waals surface area contributed by atoms with E-state index in [1.165, 1.54) is 6.33 Å². The van der Waals surface area contributed by atoms with Crippen LogP contribution in [-0.4, -0.2) is 25.6 Å². The molecule has 0 radical (unpaired) electrons. The molecule has 2 aromatic heterocycles. The Morgan fingerprint density at radius 1 is 1.31 bits per heavy atom. The maximum Gasteiger partial charge on any atom is 0.254 e. The van der Waals surface area contributed by atoms with E-state index in [0.29, 0.717) is 17.7 Å². The first-order valence-electron chi connectivity index (χ1n) is 5.52. The quantitative estimate of drug-likeness (QED) is 0.856. The molecule has 2 rings (SSSR count). The van der Waals surface area contributed by atoms with Crippen molar-refractivity contribution >= 4 is 11.6 Å². The third kappa shape index (κ3) is 1.98. The zero-order valence-corrected chi connectivity index (χ0v) is 10.1. The lowest BCUT2D eigenvalue weighted by molar-refractivity contribution is 0.556. The normalized spacial score (nSPS) is 13.3. The van der Waals surface area contributed by atoms with E-state index in [1.54, 1.807) is 4.52 Å². The predicted molar refractivity (Wildman–Crippen MR) is 63.4 cm³/mol. The monoisotopic (exact) mass is 219 g/mol. The van der Waals surface area contributed by atoms with Crippen LogP contribution < -0.4 is 5.32 Å². The molecule has 0 aliphatic carbocycles. The molecule has 0 saturated carbocycles. The molecule has 2 aromatic rings. The van der Waals surface area contributed by atoms with Crippen molar-refractivity contribution in [2.45, 2.75) is 33.7 Å². The van der Waals surface area contributed by atoms with E-state index in [0.717, 1.165) is 11.5 Å². The molecule has 16 heavy (non-hydrogen) atoms. The molecule has 0 amide bonds. The number of hydrogen-bond donors (Lipinski definition) is 1. The van der Waals surface area contributed by atoms with Gasteiger partial charge in [0.2, 0.25) is 0 Å². The lowest BCUT2D eigenvalue weighted by Crippen LogP contribution is -2.23. The maximum absolute atomic E-state index is 4.30. The van der Waals surface area contributed by atoms with Gasteiger partial charge in [-0.1, -0.05) is 13.8 Å². The van der Waals surface area contributed by atoms with Gasteiger partial charge < -0.3 is 5.32 Å². The Labute approximate surface area is 94.9 Å². The highest BCUT2D eigenvalue weighted by Gasteiger charge is 2.10. The predicted octanol–water partition coefficient (Wildman–Crippen LogP) is 1.89. The van der Waals surface area contributed by atoms with Crippen molar-refractivity contribution in [2.24, 2.45) is 5.92 Å². The van der Waals surface area contributed by atoms with Gasteiger partial charge >= 0.3 is 0 Å². The summed E-state index contributed by atoms with van der Waals surface area (Å²) in [6.07, 6.45) is 1.52. The summed E-state index contributed by atoms with van der Waals surface area (Å²) in [5.74, 6) is 2.15. The van der Waals surface area contributed by atoms with E-state index in [4.69, 9.17) is 0 Å². The van der Waals surface area contributed by atoms with Crippen LogP contribution in [0.5, 0.6) is 0 Å². The van der Waals surface area contributed by atoms with Crippen molar-refractivity contribution < 1.29 is 0 Å². The van der Waals surface area contributed by atoms with Crippen LogP contribution in [0.1, 0.15) is 26.5 Å². The Morgan fingerprint density at radius 2 is 2.06 bits per heavy atom. The Hall–Kier alpha value is -1.65. The number of aromatic nitrogens is 4. The van der Waals surface area contributed by atoms with Gasteiger partial charge in [0.15, 0.2) is 0 Å².